The van der Waals surface area contributed by atoms with E-state index in [0.29, 0.717) is 6.61 Å². The average Bonchev–Trinajstić information content (AvgIpc) is 2.15. The van der Waals surface area contributed by atoms with Crippen LogP contribution in [0.4, 0.5) is 0 Å². The van der Waals surface area contributed by atoms with Crippen LogP contribution in [-0.2, 0) is 9.53 Å². The minimum atomic E-state index is -0.0953. The monoisotopic (exact) mass is 169 g/mol. The third kappa shape index (κ3) is 2.66. The average molecular weight is 169 g/mol. The van der Waals surface area contributed by atoms with Crippen LogP contribution in [0.1, 0.15) is 12.8 Å². The third-order valence-corrected chi connectivity index (χ3v) is 1.97. The number of ether oxygens (including phenoxy) is 1. The van der Waals surface area contributed by atoms with Crippen molar-refractivity contribution in [3.8, 4) is 0 Å². The number of carbonyl (C=O) groups excluding carboxylic acids is 1. The molecule has 12 heavy (non-hydrogen) atoms. The smallest absolute Gasteiger partial charge is 0.310 e. The fourth-order valence-electron chi connectivity index (χ4n) is 1.31. The van der Waals surface area contributed by atoms with Crippen LogP contribution in [0.2, 0.25) is 0 Å². The summed E-state index contributed by atoms with van der Waals surface area (Å²) in [4.78, 5) is 11.2. The van der Waals surface area contributed by atoms with Gasteiger partial charge >= 0.3 is 5.97 Å². The molecular formula is C9H15NO2. The van der Waals surface area contributed by atoms with Gasteiger partial charge in [-0.2, -0.15) is 0 Å². The molecule has 1 saturated heterocycles. The first kappa shape index (κ1) is 9.26. The molecule has 0 aromatic heterocycles. The zero-order valence-electron chi connectivity index (χ0n) is 7.21. The van der Waals surface area contributed by atoms with Crippen LogP contribution < -0.4 is 5.32 Å². The molecule has 1 atom stereocenters. The molecule has 1 unspecified atom stereocenters. The number of esters is 1. The SMILES string of the molecule is C=CCOC(=O)C1CCCNC1. The van der Waals surface area contributed by atoms with Crippen molar-refractivity contribution in [1.82, 2.24) is 5.32 Å². The maximum absolute atomic E-state index is 11.2. The van der Waals surface area contributed by atoms with Crippen LogP contribution in [0.3, 0.4) is 0 Å². The van der Waals surface area contributed by atoms with Crippen molar-refractivity contribution in [2.75, 3.05) is 19.7 Å². The molecule has 0 radical (unpaired) electrons. The van der Waals surface area contributed by atoms with Crippen molar-refractivity contribution in [2.45, 2.75) is 12.8 Å². The third-order valence-electron chi connectivity index (χ3n) is 1.97. The summed E-state index contributed by atoms with van der Waals surface area (Å²) in [6, 6.07) is 0. The summed E-state index contributed by atoms with van der Waals surface area (Å²) >= 11 is 0. The van der Waals surface area contributed by atoms with E-state index in [0.717, 1.165) is 25.9 Å². The fourth-order valence-corrected chi connectivity index (χ4v) is 1.31. The highest BCUT2D eigenvalue weighted by Gasteiger charge is 2.21. The Labute approximate surface area is 72.8 Å². The number of hydrogen-bond acceptors (Lipinski definition) is 3. The first-order valence-electron chi connectivity index (χ1n) is 4.33. The molecule has 1 N–H and O–H groups in total. The van der Waals surface area contributed by atoms with Gasteiger partial charge in [-0.1, -0.05) is 12.7 Å². The Balaban J connectivity index is 2.24. The van der Waals surface area contributed by atoms with Gasteiger partial charge in [-0.05, 0) is 19.4 Å². The zero-order valence-corrected chi connectivity index (χ0v) is 7.21. The quantitative estimate of drug-likeness (QED) is 0.499. The van der Waals surface area contributed by atoms with Gasteiger partial charge in [0, 0.05) is 6.54 Å². The Bertz CT molecular complexity index is 162. The van der Waals surface area contributed by atoms with Gasteiger partial charge in [-0.25, -0.2) is 0 Å². The van der Waals surface area contributed by atoms with Gasteiger partial charge in [0.2, 0.25) is 0 Å². The Hall–Kier alpha value is -0.830. The molecule has 3 nitrogen and oxygen atoms in total. The molecule has 68 valence electrons. The van der Waals surface area contributed by atoms with Crippen molar-refractivity contribution >= 4 is 5.97 Å². The highest BCUT2D eigenvalue weighted by Crippen LogP contribution is 2.11. The second-order valence-corrected chi connectivity index (χ2v) is 2.96. The van der Waals surface area contributed by atoms with Crippen LogP contribution in [0.25, 0.3) is 0 Å². The molecule has 1 heterocycles. The van der Waals surface area contributed by atoms with Gasteiger partial charge in [-0.3, -0.25) is 4.79 Å². The number of hydrogen-bond donors (Lipinski definition) is 1. The van der Waals surface area contributed by atoms with Gasteiger partial charge in [-0.15, -0.1) is 0 Å². The number of carbonyl (C=O) groups is 1. The van der Waals surface area contributed by atoms with Crippen molar-refractivity contribution in [2.24, 2.45) is 5.92 Å². The maximum atomic E-state index is 11.2. The van der Waals surface area contributed by atoms with Gasteiger partial charge in [0.05, 0.1) is 5.92 Å². The van der Waals surface area contributed by atoms with Crippen molar-refractivity contribution < 1.29 is 9.53 Å². The Morgan fingerprint density at radius 1 is 1.75 bits per heavy atom. The van der Waals surface area contributed by atoms with Crippen LogP contribution in [0.15, 0.2) is 12.7 Å². The normalized spacial score (nSPS) is 23.2. The predicted molar refractivity (Wildman–Crippen MR) is 46.7 cm³/mol. The molecule has 1 aliphatic rings. The van der Waals surface area contributed by atoms with E-state index in [4.69, 9.17) is 4.74 Å². The second-order valence-electron chi connectivity index (χ2n) is 2.96. The van der Waals surface area contributed by atoms with E-state index in [1.807, 2.05) is 0 Å². The second kappa shape index (κ2) is 4.93. The van der Waals surface area contributed by atoms with E-state index in [-0.39, 0.29) is 11.9 Å². The summed E-state index contributed by atoms with van der Waals surface area (Å²) in [7, 11) is 0. The van der Waals surface area contributed by atoms with E-state index in [2.05, 4.69) is 11.9 Å². The van der Waals surface area contributed by atoms with Crippen molar-refractivity contribution in [3.05, 3.63) is 12.7 Å². The topological polar surface area (TPSA) is 38.3 Å². The molecule has 0 aromatic carbocycles. The molecule has 0 bridgehead atoms. The highest BCUT2D eigenvalue weighted by atomic mass is 16.5. The van der Waals surface area contributed by atoms with E-state index >= 15 is 0 Å². The van der Waals surface area contributed by atoms with E-state index in [1.165, 1.54) is 0 Å². The number of rotatable bonds is 3. The molecule has 0 aliphatic carbocycles. The first-order valence-corrected chi connectivity index (χ1v) is 4.33. The summed E-state index contributed by atoms with van der Waals surface area (Å²) in [5, 5.41) is 3.17. The maximum Gasteiger partial charge on any atom is 0.310 e. The van der Waals surface area contributed by atoms with Gasteiger partial charge in [0.15, 0.2) is 0 Å². The zero-order chi connectivity index (χ0) is 8.81. The minimum Gasteiger partial charge on any atom is -0.461 e. The van der Waals surface area contributed by atoms with E-state index in [9.17, 15) is 4.79 Å². The Kier molecular flexibility index (Phi) is 3.80. The predicted octanol–water partition coefficient (Wildman–Crippen LogP) is 0.715. The molecular weight excluding hydrogens is 154 g/mol. The lowest BCUT2D eigenvalue weighted by atomic mass is 10.0. The van der Waals surface area contributed by atoms with Gasteiger partial charge in [0.1, 0.15) is 6.61 Å². The van der Waals surface area contributed by atoms with Crippen LogP contribution >= 0.6 is 0 Å². The van der Waals surface area contributed by atoms with Crippen molar-refractivity contribution in [1.29, 1.82) is 0 Å². The van der Waals surface area contributed by atoms with Crippen molar-refractivity contribution in [3.63, 3.8) is 0 Å². The lowest BCUT2D eigenvalue weighted by Gasteiger charge is -2.20. The summed E-state index contributed by atoms with van der Waals surface area (Å²) in [5.41, 5.74) is 0. The Morgan fingerprint density at radius 2 is 2.58 bits per heavy atom. The molecule has 0 aromatic rings. The molecule has 0 spiro atoms. The minimum absolute atomic E-state index is 0.0544. The van der Waals surface area contributed by atoms with Gasteiger partial charge in [0.25, 0.3) is 0 Å². The standard InChI is InChI=1S/C9H15NO2/c1-2-6-12-9(11)8-4-3-5-10-7-8/h2,8,10H,1,3-7H2. The lowest BCUT2D eigenvalue weighted by Crippen LogP contribution is -2.35. The number of nitrogens with one attached hydrogen (secondary N) is 1. The van der Waals surface area contributed by atoms with Gasteiger partial charge < -0.3 is 10.1 Å². The molecule has 0 saturated carbocycles. The highest BCUT2D eigenvalue weighted by molar-refractivity contribution is 5.72. The molecule has 1 rings (SSSR count). The summed E-state index contributed by atoms with van der Waals surface area (Å²) < 4.78 is 4.93. The van der Waals surface area contributed by atoms with Crippen LogP contribution in [0, 0.1) is 5.92 Å². The first-order chi connectivity index (χ1) is 5.84. The molecule has 3 heteroatoms. The molecule has 1 aliphatic heterocycles. The van der Waals surface area contributed by atoms with E-state index < -0.39 is 0 Å². The lowest BCUT2D eigenvalue weighted by molar-refractivity contribution is -0.147. The van der Waals surface area contributed by atoms with E-state index in [1.54, 1.807) is 6.08 Å². The summed E-state index contributed by atoms with van der Waals surface area (Å²) in [6.45, 7) is 5.59. The number of piperidine rings is 1. The summed E-state index contributed by atoms with van der Waals surface area (Å²) in [6.07, 6.45) is 3.60. The Morgan fingerprint density at radius 3 is 3.17 bits per heavy atom. The van der Waals surface area contributed by atoms with Crippen LogP contribution in [0.5, 0.6) is 0 Å². The van der Waals surface area contributed by atoms with Crippen LogP contribution in [-0.4, -0.2) is 25.7 Å². The largest absolute Gasteiger partial charge is 0.461 e. The fraction of sp³-hybridized carbons (Fsp3) is 0.667. The summed E-state index contributed by atoms with van der Waals surface area (Å²) in [5.74, 6) is -0.0409. The molecule has 0 amide bonds. The molecule has 1 fully saturated rings.